The van der Waals surface area contributed by atoms with Gasteiger partial charge in [0.2, 0.25) is 6.41 Å². The van der Waals surface area contributed by atoms with Gasteiger partial charge in [-0.3, -0.25) is 9.78 Å². The number of aromatic amines is 2. The summed E-state index contributed by atoms with van der Waals surface area (Å²) in [4.78, 5) is 31.6. The third kappa shape index (κ3) is 5.87. The summed E-state index contributed by atoms with van der Waals surface area (Å²) < 4.78 is 7.82. The van der Waals surface area contributed by atoms with Crippen LogP contribution in [-0.2, 0) is 10.2 Å². The van der Waals surface area contributed by atoms with E-state index in [0.717, 1.165) is 27.8 Å². The molecule has 0 saturated heterocycles. The van der Waals surface area contributed by atoms with Crippen molar-refractivity contribution in [2.45, 2.75) is 33.1 Å². The number of carbonyl (C=O) groups excluding carboxylic acids is 1. The average Bonchev–Trinajstić information content (AvgIpc) is 3.58. The number of aromatic nitrogens is 5. The average molecular weight is 564 g/mol. The zero-order valence-electron chi connectivity index (χ0n) is 24.1. The Hall–Kier alpha value is -5.38. The van der Waals surface area contributed by atoms with Crippen LogP contribution in [0, 0.1) is 6.92 Å². The minimum atomic E-state index is -0.307. The molecule has 0 fully saturated rings. The monoisotopic (exact) mass is 563 g/mol. The van der Waals surface area contributed by atoms with Crippen molar-refractivity contribution in [3.05, 3.63) is 101 Å². The minimum absolute atomic E-state index is 0.0603. The van der Waals surface area contributed by atoms with Crippen LogP contribution in [0.4, 0.5) is 11.5 Å². The highest BCUT2D eigenvalue weighted by Crippen LogP contribution is 2.35. The number of amides is 1. The van der Waals surface area contributed by atoms with Crippen molar-refractivity contribution in [1.82, 2.24) is 24.7 Å². The summed E-state index contributed by atoms with van der Waals surface area (Å²) in [6, 6.07) is 23.5. The molecule has 4 N–H and O–H groups in total. The topological polar surface area (TPSA) is 130 Å². The van der Waals surface area contributed by atoms with Crippen LogP contribution in [0.2, 0.25) is 0 Å². The van der Waals surface area contributed by atoms with E-state index in [-0.39, 0.29) is 11.1 Å². The first-order valence-corrected chi connectivity index (χ1v) is 13.5. The van der Waals surface area contributed by atoms with E-state index in [2.05, 4.69) is 51.5 Å². The summed E-state index contributed by atoms with van der Waals surface area (Å²) in [6.07, 6.45) is 2.28. The number of carbonyl (C=O) groups is 1. The van der Waals surface area contributed by atoms with Crippen LogP contribution in [0.1, 0.15) is 32.0 Å². The summed E-state index contributed by atoms with van der Waals surface area (Å²) in [6.45, 7) is 8.33. The maximum absolute atomic E-state index is 11.5. The number of benzene rings is 3. The Balaban J connectivity index is 0.000000172. The Morgan fingerprint density at radius 3 is 2.36 bits per heavy atom. The quantitative estimate of drug-likeness (QED) is 0.176. The number of ether oxygens (including phenoxy) is 1. The van der Waals surface area contributed by atoms with Gasteiger partial charge in [0.25, 0.3) is 0 Å². The molecule has 0 atom stereocenters. The van der Waals surface area contributed by atoms with E-state index in [1.54, 1.807) is 16.9 Å². The summed E-state index contributed by atoms with van der Waals surface area (Å²) in [5.41, 5.74) is 4.76. The lowest BCUT2D eigenvalue weighted by atomic mass is 9.92. The molecule has 214 valence electrons. The second-order valence-corrected chi connectivity index (χ2v) is 10.8. The molecule has 0 saturated carbocycles. The predicted octanol–water partition coefficient (Wildman–Crippen LogP) is 6.28. The molecule has 3 heterocycles. The highest BCUT2D eigenvalue weighted by molar-refractivity contribution is 5.98. The Bertz CT molecular complexity index is 1910. The van der Waals surface area contributed by atoms with Gasteiger partial charge in [0.1, 0.15) is 17.1 Å². The highest BCUT2D eigenvalue weighted by Gasteiger charge is 2.20. The molecular weight excluding hydrogens is 530 g/mol. The number of H-pyrrole nitrogens is 2. The molecular formula is C32H33N7O3. The molecule has 10 heteroatoms. The van der Waals surface area contributed by atoms with Crippen LogP contribution < -0.4 is 21.1 Å². The van der Waals surface area contributed by atoms with Crippen LogP contribution in [-0.4, -0.2) is 38.2 Å². The third-order valence-electron chi connectivity index (χ3n) is 6.72. The van der Waals surface area contributed by atoms with Gasteiger partial charge in [0, 0.05) is 47.3 Å². The van der Waals surface area contributed by atoms with Crippen molar-refractivity contribution < 1.29 is 9.53 Å². The van der Waals surface area contributed by atoms with E-state index in [9.17, 15) is 9.59 Å². The molecule has 6 aromatic rings. The lowest BCUT2D eigenvalue weighted by molar-refractivity contribution is -0.105. The fraction of sp³-hybridized carbons (Fsp3) is 0.188. The molecule has 0 radical (unpaired) electrons. The Morgan fingerprint density at radius 2 is 1.67 bits per heavy atom. The van der Waals surface area contributed by atoms with Gasteiger partial charge >= 0.3 is 5.69 Å². The van der Waals surface area contributed by atoms with E-state index in [1.165, 1.54) is 5.56 Å². The predicted molar refractivity (Wildman–Crippen MR) is 167 cm³/mol. The van der Waals surface area contributed by atoms with Crippen LogP contribution >= 0.6 is 0 Å². The number of anilines is 2. The van der Waals surface area contributed by atoms with Gasteiger partial charge in [-0.15, -0.1) is 0 Å². The maximum atomic E-state index is 11.5. The second-order valence-electron chi connectivity index (χ2n) is 10.8. The zero-order chi connectivity index (χ0) is 29.9. The molecule has 6 rings (SSSR count). The smallest absolute Gasteiger partial charge is 0.325 e. The molecule has 10 nitrogen and oxygen atoms in total. The second kappa shape index (κ2) is 11.6. The van der Waals surface area contributed by atoms with Crippen molar-refractivity contribution >= 4 is 39.9 Å². The van der Waals surface area contributed by atoms with Crippen molar-refractivity contribution in [3.63, 3.8) is 0 Å². The molecule has 3 aromatic carbocycles. The van der Waals surface area contributed by atoms with Gasteiger partial charge in [-0.05, 0) is 31.2 Å². The summed E-state index contributed by atoms with van der Waals surface area (Å²) in [7, 11) is 1.89. The molecule has 3 aromatic heterocycles. The number of aryl methyl sites for hydroxylation is 1. The Labute approximate surface area is 242 Å². The van der Waals surface area contributed by atoms with Crippen molar-refractivity contribution in [3.8, 4) is 17.2 Å². The molecule has 0 aliphatic rings. The number of imidazole rings is 1. The number of rotatable bonds is 6. The first kappa shape index (κ1) is 28.2. The van der Waals surface area contributed by atoms with Crippen LogP contribution in [0.25, 0.3) is 27.6 Å². The molecule has 1 amide bonds. The van der Waals surface area contributed by atoms with Gasteiger partial charge < -0.3 is 20.4 Å². The number of fused-ring (bicyclic) bond motifs is 2. The molecule has 0 aliphatic carbocycles. The lowest BCUT2D eigenvalue weighted by Crippen LogP contribution is -2.12. The van der Waals surface area contributed by atoms with Crippen molar-refractivity contribution in [2.75, 3.05) is 17.7 Å². The number of hydrogen-bond acceptors (Lipinski definition) is 6. The fourth-order valence-electron chi connectivity index (χ4n) is 4.49. The molecule has 0 bridgehead atoms. The number of nitrogens with one attached hydrogen (secondary N) is 4. The molecule has 42 heavy (non-hydrogen) atoms. The fourth-order valence-corrected chi connectivity index (χ4v) is 4.49. The van der Waals surface area contributed by atoms with E-state index in [0.29, 0.717) is 34.9 Å². The van der Waals surface area contributed by atoms with E-state index < -0.39 is 0 Å². The van der Waals surface area contributed by atoms with Crippen molar-refractivity contribution in [1.29, 1.82) is 0 Å². The van der Waals surface area contributed by atoms with Crippen molar-refractivity contribution in [2.24, 2.45) is 0 Å². The normalized spacial score (nSPS) is 11.2. The maximum Gasteiger partial charge on any atom is 0.325 e. The summed E-state index contributed by atoms with van der Waals surface area (Å²) in [5, 5.41) is 12.5. The molecule has 0 unspecified atom stereocenters. The first-order chi connectivity index (χ1) is 20.2. The van der Waals surface area contributed by atoms with Gasteiger partial charge in [-0.1, -0.05) is 62.7 Å². The number of hydrogen-bond donors (Lipinski definition) is 4. The van der Waals surface area contributed by atoms with Crippen LogP contribution in [0.3, 0.4) is 0 Å². The minimum Gasteiger partial charge on any atom is -0.454 e. The summed E-state index contributed by atoms with van der Waals surface area (Å²) >= 11 is 0. The number of nitrogens with zero attached hydrogens (tertiary/aromatic N) is 3. The van der Waals surface area contributed by atoms with Gasteiger partial charge in [0.15, 0.2) is 11.4 Å². The molecule has 0 aliphatic heterocycles. The Morgan fingerprint density at radius 1 is 0.929 bits per heavy atom. The first-order valence-electron chi connectivity index (χ1n) is 13.5. The van der Waals surface area contributed by atoms with E-state index >= 15 is 0 Å². The summed E-state index contributed by atoms with van der Waals surface area (Å²) in [5.74, 6) is 1.95. The highest BCUT2D eigenvalue weighted by atomic mass is 16.5. The third-order valence-corrected chi connectivity index (χ3v) is 6.72. The standard InChI is InChI=1S/C17H14N4O2.C15H19N3O/c1-18-12-6-7-13(11-5-3-2-4-10(11)12)23-14-8-9-19-16-15(14)20-17(22)21-16;1-11-5-7-12(8-6-11)18-14(16-10-19)9-13(17-18)15(2,3)4/h2-9,18H,1H3,(H2,19,20,21,22);5-10H,1-4H3,(H,16,19). The van der Waals surface area contributed by atoms with Crippen LogP contribution in [0.5, 0.6) is 11.5 Å². The Kier molecular flexibility index (Phi) is 7.79. The lowest BCUT2D eigenvalue weighted by Gasteiger charge is -2.14. The van der Waals surface area contributed by atoms with Gasteiger partial charge in [-0.2, -0.15) is 5.10 Å². The van der Waals surface area contributed by atoms with E-state index in [4.69, 9.17) is 4.74 Å². The van der Waals surface area contributed by atoms with Gasteiger partial charge in [0.05, 0.1) is 11.4 Å². The largest absolute Gasteiger partial charge is 0.454 e. The number of pyridine rings is 1. The van der Waals surface area contributed by atoms with E-state index in [1.807, 2.05) is 80.7 Å². The van der Waals surface area contributed by atoms with Crippen LogP contribution in [0.15, 0.2) is 83.8 Å². The SMILES string of the molecule is CNc1ccc(Oc2ccnc3[nH]c(=O)[nH]c23)c2ccccc12.Cc1ccc(-n2nc(C(C)(C)C)cc2NC=O)cc1. The molecule has 0 spiro atoms. The van der Waals surface area contributed by atoms with Gasteiger partial charge in [-0.25, -0.2) is 14.5 Å². The zero-order valence-corrected chi connectivity index (χ0v) is 24.1.